The molecule has 0 saturated carbocycles. The Bertz CT molecular complexity index is 1020. The zero-order valence-electron chi connectivity index (χ0n) is 16.9. The number of nitrogen functional groups attached to an aromatic ring is 1. The SMILES string of the molecule is COC(=O)C[C@@H]1C[C@@H](COc2ccc3c(c2)CCc2cc(C(=N)N)ccc2-3)NC1=O. The third-order valence-electron chi connectivity index (χ3n) is 5.82. The fraction of sp³-hybridized carbons (Fsp3) is 0.348. The summed E-state index contributed by atoms with van der Waals surface area (Å²) in [6.07, 6.45) is 2.44. The number of amides is 1. The normalized spacial score (nSPS) is 19.4. The van der Waals surface area contributed by atoms with E-state index in [1.807, 2.05) is 24.3 Å². The molecule has 2 aromatic rings. The van der Waals surface area contributed by atoms with Crippen molar-refractivity contribution in [3.05, 3.63) is 53.1 Å². The molecule has 0 bridgehead atoms. The van der Waals surface area contributed by atoms with Crippen molar-refractivity contribution in [2.75, 3.05) is 13.7 Å². The van der Waals surface area contributed by atoms with Gasteiger partial charge in [0, 0.05) is 5.56 Å². The van der Waals surface area contributed by atoms with Crippen LogP contribution in [0.1, 0.15) is 29.5 Å². The summed E-state index contributed by atoms with van der Waals surface area (Å²) in [6, 6.07) is 11.8. The zero-order chi connectivity index (χ0) is 21.3. The molecule has 1 fully saturated rings. The van der Waals surface area contributed by atoms with Gasteiger partial charge in [-0.3, -0.25) is 15.0 Å². The Morgan fingerprint density at radius 3 is 2.57 bits per heavy atom. The van der Waals surface area contributed by atoms with E-state index in [4.69, 9.17) is 15.9 Å². The van der Waals surface area contributed by atoms with Crippen molar-refractivity contribution in [2.45, 2.75) is 31.7 Å². The molecule has 0 unspecified atom stereocenters. The van der Waals surface area contributed by atoms with Crippen LogP contribution in [0.15, 0.2) is 36.4 Å². The molecule has 2 aromatic carbocycles. The highest BCUT2D eigenvalue weighted by Gasteiger charge is 2.34. The third-order valence-corrected chi connectivity index (χ3v) is 5.82. The molecule has 30 heavy (non-hydrogen) atoms. The van der Waals surface area contributed by atoms with E-state index in [9.17, 15) is 9.59 Å². The average Bonchev–Trinajstić information content (AvgIpc) is 3.10. The molecule has 7 heteroatoms. The van der Waals surface area contributed by atoms with Gasteiger partial charge in [-0.05, 0) is 59.7 Å². The van der Waals surface area contributed by atoms with Crippen LogP contribution in [0.2, 0.25) is 0 Å². The van der Waals surface area contributed by atoms with E-state index in [0.29, 0.717) is 13.0 Å². The highest BCUT2D eigenvalue weighted by Crippen LogP contribution is 2.36. The van der Waals surface area contributed by atoms with Crippen molar-refractivity contribution in [3.63, 3.8) is 0 Å². The van der Waals surface area contributed by atoms with Gasteiger partial charge in [0.1, 0.15) is 18.2 Å². The van der Waals surface area contributed by atoms with E-state index >= 15 is 0 Å². The number of nitrogens with one attached hydrogen (secondary N) is 2. The highest BCUT2D eigenvalue weighted by atomic mass is 16.5. The fourth-order valence-corrected chi connectivity index (χ4v) is 4.23. The standard InChI is InChI=1S/C23H25N3O4/c1-29-21(27)11-16-9-17(26-23(16)28)12-30-18-5-7-20-14(10-18)3-2-13-8-15(22(24)25)4-6-19(13)20/h4-8,10,16-17H,2-3,9,11-12H2,1H3,(H3,24,25)(H,26,28)/t16-,17-/m0/s1. The second-order valence-corrected chi connectivity index (χ2v) is 7.83. The second kappa shape index (κ2) is 8.18. The summed E-state index contributed by atoms with van der Waals surface area (Å²) in [5.74, 6) is -0.00235. The largest absolute Gasteiger partial charge is 0.491 e. The van der Waals surface area contributed by atoms with Crippen LogP contribution in [0.3, 0.4) is 0 Å². The van der Waals surface area contributed by atoms with Gasteiger partial charge >= 0.3 is 5.97 Å². The summed E-state index contributed by atoms with van der Waals surface area (Å²) in [4.78, 5) is 23.5. The maximum absolute atomic E-state index is 12.0. The minimum atomic E-state index is -0.373. The van der Waals surface area contributed by atoms with Crippen LogP contribution in [-0.4, -0.2) is 37.5 Å². The number of hydrogen-bond donors (Lipinski definition) is 3. The predicted octanol–water partition coefficient (Wildman–Crippen LogP) is 2.18. The summed E-state index contributed by atoms with van der Waals surface area (Å²) >= 11 is 0. The molecule has 1 aliphatic carbocycles. The third kappa shape index (κ3) is 4.01. The van der Waals surface area contributed by atoms with Gasteiger partial charge in [-0.15, -0.1) is 0 Å². The van der Waals surface area contributed by atoms with Crippen LogP contribution in [0, 0.1) is 11.3 Å². The van der Waals surface area contributed by atoms with Crippen LogP contribution >= 0.6 is 0 Å². The lowest BCUT2D eigenvalue weighted by atomic mass is 9.84. The van der Waals surface area contributed by atoms with Gasteiger partial charge in [0.15, 0.2) is 0 Å². The Morgan fingerprint density at radius 1 is 1.17 bits per heavy atom. The van der Waals surface area contributed by atoms with Crippen molar-refractivity contribution in [2.24, 2.45) is 11.7 Å². The number of carbonyl (C=O) groups is 2. The summed E-state index contributed by atoms with van der Waals surface area (Å²) in [5, 5.41) is 10.5. The molecule has 1 amide bonds. The van der Waals surface area contributed by atoms with E-state index in [1.54, 1.807) is 0 Å². The molecule has 156 valence electrons. The molecule has 2 atom stereocenters. The number of nitrogens with two attached hydrogens (primary N) is 1. The molecule has 2 aliphatic rings. The van der Waals surface area contributed by atoms with Crippen LogP contribution < -0.4 is 15.8 Å². The van der Waals surface area contributed by atoms with Crippen molar-refractivity contribution in [1.82, 2.24) is 5.32 Å². The summed E-state index contributed by atoms with van der Waals surface area (Å²) in [5.41, 5.74) is 11.1. The number of benzene rings is 2. The first-order valence-electron chi connectivity index (χ1n) is 10.0. The molecule has 0 radical (unpaired) electrons. The lowest BCUT2D eigenvalue weighted by Gasteiger charge is -2.22. The number of ether oxygens (including phenoxy) is 2. The number of hydrogen-bond acceptors (Lipinski definition) is 5. The van der Waals surface area contributed by atoms with Crippen LogP contribution in [0.4, 0.5) is 0 Å². The molecule has 1 aliphatic heterocycles. The summed E-state index contributed by atoms with van der Waals surface area (Å²) in [7, 11) is 1.33. The van der Waals surface area contributed by atoms with E-state index in [1.165, 1.54) is 29.4 Å². The summed E-state index contributed by atoms with van der Waals surface area (Å²) < 4.78 is 10.6. The minimum absolute atomic E-state index is 0.0835. The Balaban J connectivity index is 1.42. The monoisotopic (exact) mass is 407 g/mol. The van der Waals surface area contributed by atoms with Crippen molar-refractivity contribution >= 4 is 17.7 Å². The molecule has 0 aromatic heterocycles. The molecular weight excluding hydrogens is 382 g/mol. The van der Waals surface area contributed by atoms with Crippen molar-refractivity contribution in [3.8, 4) is 16.9 Å². The molecule has 0 spiro atoms. The zero-order valence-corrected chi connectivity index (χ0v) is 16.9. The molecule has 4 N–H and O–H groups in total. The van der Waals surface area contributed by atoms with Gasteiger partial charge in [-0.2, -0.15) is 0 Å². The maximum Gasteiger partial charge on any atom is 0.306 e. The minimum Gasteiger partial charge on any atom is -0.491 e. The van der Waals surface area contributed by atoms with Gasteiger partial charge in [0.05, 0.1) is 25.5 Å². The highest BCUT2D eigenvalue weighted by molar-refractivity contribution is 5.96. The second-order valence-electron chi connectivity index (χ2n) is 7.83. The van der Waals surface area contributed by atoms with Gasteiger partial charge in [0.2, 0.25) is 5.91 Å². The van der Waals surface area contributed by atoms with E-state index < -0.39 is 0 Å². The number of fused-ring (bicyclic) bond motifs is 3. The first-order chi connectivity index (χ1) is 14.4. The lowest BCUT2D eigenvalue weighted by molar-refractivity contribution is -0.143. The molecule has 1 saturated heterocycles. The Hall–Kier alpha value is -3.35. The molecule has 4 rings (SSSR count). The molecular formula is C23H25N3O4. The fourth-order valence-electron chi connectivity index (χ4n) is 4.23. The van der Waals surface area contributed by atoms with Gasteiger partial charge < -0.3 is 20.5 Å². The first-order valence-corrected chi connectivity index (χ1v) is 10.0. The van der Waals surface area contributed by atoms with Gasteiger partial charge in [0.25, 0.3) is 0 Å². The number of aryl methyl sites for hydroxylation is 2. The van der Waals surface area contributed by atoms with Crippen LogP contribution in [-0.2, 0) is 27.2 Å². The van der Waals surface area contributed by atoms with E-state index in [-0.39, 0.29) is 36.1 Å². The van der Waals surface area contributed by atoms with Crippen molar-refractivity contribution in [1.29, 1.82) is 5.41 Å². The Labute approximate surface area is 175 Å². The predicted molar refractivity (Wildman–Crippen MR) is 112 cm³/mol. The number of carbonyl (C=O) groups excluding carboxylic acids is 2. The topological polar surface area (TPSA) is 114 Å². The first kappa shape index (κ1) is 19.9. The number of esters is 1. The maximum atomic E-state index is 12.0. The quantitative estimate of drug-likeness (QED) is 0.386. The smallest absolute Gasteiger partial charge is 0.306 e. The molecule has 1 heterocycles. The Kier molecular flexibility index (Phi) is 5.44. The molecule has 7 nitrogen and oxygen atoms in total. The number of rotatable bonds is 6. The number of methoxy groups -OCH3 is 1. The van der Waals surface area contributed by atoms with Crippen LogP contribution in [0.5, 0.6) is 5.75 Å². The lowest BCUT2D eigenvalue weighted by Crippen LogP contribution is -2.31. The van der Waals surface area contributed by atoms with Crippen molar-refractivity contribution < 1.29 is 19.1 Å². The van der Waals surface area contributed by atoms with E-state index in [0.717, 1.165) is 24.2 Å². The van der Waals surface area contributed by atoms with Gasteiger partial charge in [-0.1, -0.05) is 18.2 Å². The van der Waals surface area contributed by atoms with E-state index in [2.05, 4.69) is 22.2 Å². The number of amidine groups is 1. The summed E-state index contributed by atoms with van der Waals surface area (Å²) in [6.45, 7) is 0.362. The Morgan fingerprint density at radius 2 is 1.87 bits per heavy atom. The average molecular weight is 407 g/mol. The van der Waals surface area contributed by atoms with Gasteiger partial charge in [-0.25, -0.2) is 0 Å². The van der Waals surface area contributed by atoms with Crippen LogP contribution in [0.25, 0.3) is 11.1 Å².